The van der Waals surface area contributed by atoms with Crippen LogP contribution in [0.2, 0.25) is 0 Å². The summed E-state index contributed by atoms with van der Waals surface area (Å²) in [4.78, 5) is 13.0. The van der Waals surface area contributed by atoms with E-state index in [1.165, 1.54) is 19.4 Å². The Labute approximate surface area is 109 Å². The molecule has 2 rings (SSSR count). The fourth-order valence-electron chi connectivity index (χ4n) is 2.43. The predicted octanol–water partition coefficient (Wildman–Crippen LogP) is 2.75. The summed E-state index contributed by atoms with van der Waals surface area (Å²) in [6.07, 6.45) is 4.56. The van der Waals surface area contributed by atoms with Crippen LogP contribution in [0.1, 0.15) is 36.5 Å². The first-order chi connectivity index (χ1) is 8.79. The predicted molar refractivity (Wildman–Crippen MR) is 72.2 cm³/mol. The summed E-state index contributed by atoms with van der Waals surface area (Å²) in [5.41, 5.74) is 0.688. The minimum absolute atomic E-state index is 0.688. The number of benzene rings is 1. The topological polar surface area (TPSA) is 29.5 Å². The summed E-state index contributed by atoms with van der Waals surface area (Å²) in [6.45, 7) is 5.39. The number of carbonyl (C=O) groups is 1. The Morgan fingerprint density at radius 1 is 1.39 bits per heavy atom. The van der Waals surface area contributed by atoms with Crippen molar-refractivity contribution < 1.29 is 9.53 Å². The summed E-state index contributed by atoms with van der Waals surface area (Å²) in [5.74, 6) is 0.843. The molecule has 1 heterocycles. The molecule has 1 aromatic rings. The van der Waals surface area contributed by atoms with E-state index in [2.05, 4.69) is 11.8 Å². The fraction of sp³-hybridized carbons (Fsp3) is 0.533. The van der Waals surface area contributed by atoms with E-state index in [4.69, 9.17) is 4.74 Å². The van der Waals surface area contributed by atoms with Crippen LogP contribution >= 0.6 is 0 Å². The van der Waals surface area contributed by atoms with Gasteiger partial charge in [0.05, 0.1) is 6.61 Å². The zero-order valence-electron chi connectivity index (χ0n) is 11.0. The number of carbonyl (C=O) groups excluding carboxylic acids is 1. The summed E-state index contributed by atoms with van der Waals surface area (Å²) < 4.78 is 5.66. The minimum atomic E-state index is 0.688. The fourth-order valence-corrected chi connectivity index (χ4v) is 2.43. The molecule has 3 heteroatoms. The van der Waals surface area contributed by atoms with Crippen LogP contribution in [0.15, 0.2) is 24.3 Å². The second-order valence-electron chi connectivity index (χ2n) is 4.92. The third-order valence-electron chi connectivity index (χ3n) is 3.57. The summed E-state index contributed by atoms with van der Waals surface area (Å²) >= 11 is 0. The highest BCUT2D eigenvalue weighted by molar-refractivity contribution is 5.74. The highest BCUT2D eigenvalue weighted by atomic mass is 16.5. The molecule has 0 saturated carbocycles. The number of ether oxygens (including phenoxy) is 1. The second kappa shape index (κ2) is 6.55. The van der Waals surface area contributed by atoms with Gasteiger partial charge in [-0.1, -0.05) is 0 Å². The van der Waals surface area contributed by atoms with E-state index in [-0.39, 0.29) is 0 Å². The van der Waals surface area contributed by atoms with Gasteiger partial charge in [-0.3, -0.25) is 4.79 Å². The molecule has 1 fully saturated rings. The van der Waals surface area contributed by atoms with Crippen molar-refractivity contribution in [2.24, 2.45) is 0 Å². The van der Waals surface area contributed by atoms with Gasteiger partial charge in [-0.15, -0.1) is 0 Å². The van der Waals surface area contributed by atoms with E-state index < -0.39 is 0 Å². The van der Waals surface area contributed by atoms with E-state index in [0.29, 0.717) is 5.56 Å². The van der Waals surface area contributed by atoms with Crippen molar-refractivity contribution >= 4 is 6.29 Å². The van der Waals surface area contributed by atoms with Gasteiger partial charge < -0.3 is 9.64 Å². The van der Waals surface area contributed by atoms with Gasteiger partial charge in [-0.25, -0.2) is 0 Å². The average Bonchev–Trinajstić information content (AvgIpc) is 2.81. The molecule has 0 aliphatic carbocycles. The molecule has 0 N–H and O–H groups in total. The Bertz CT molecular complexity index is 375. The third kappa shape index (κ3) is 3.57. The van der Waals surface area contributed by atoms with Crippen LogP contribution in [-0.2, 0) is 0 Å². The lowest BCUT2D eigenvalue weighted by Crippen LogP contribution is -2.28. The molecule has 0 radical (unpaired) electrons. The normalized spacial score (nSPS) is 19.9. The third-order valence-corrected chi connectivity index (χ3v) is 3.57. The molecule has 1 atom stereocenters. The van der Waals surface area contributed by atoms with Gasteiger partial charge in [-0.2, -0.15) is 0 Å². The molecule has 0 bridgehead atoms. The van der Waals surface area contributed by atoms with E-state index in [0.717, 1.165) is 37.6 Å². The number of hydrogen-bond donors (Lipinski definition) is 0. The van der Waals surface area contributed by atoms with Gasteiger partial charge in [0.1, 0.15) is 12.0 Å². The number of likely N-dealkylation sites (tertiary alicyclic amines) is 1. The molecule has 0 spiro atoms. The molecule has 1 aliphatic heterocycles. The van der Waals surface area contributed by atoms with Crippen molar-refractivity contribution in [2.45, 2.75) is 32.2 Å². The average molecular weight is 247 g/mol. The van der Waals surface area contributed by atoms with Crippen LogP contribution < -0.4 is 4.74 Å². The Morgan fingerprint density at radius 2 is 2.17 bits per heavy atom. The van der Waals surface area contributed by atoms with Crippen LogP contribution in [0.25, 0.3) is 0 Å². The molecule has 98 valence electrons. The number of aldehydes is 1. The molecule has 3 nitrogen and oxygen atoms in total. The maximum Gasteiger partial charge on any atom is 0.150 e. The van der Waals surface area contributed by atoms with Crippen molar-refractivity contribution in [3.05, 3.63) is 29.8 Å². The van der Waals surface area contributed by atoms with Crippen molar-refractivity contribution in [2.75, 3.05) is 19.7 Å². The molecule has 1 aromatic carbocycles. The van der Waals surface area contributed by atoms with E-state index in [1.807, 2.05) is 12.1 Å². The largest absolute Gasteiger partial charge is 0.494 e. The van der Waals surface area contributed by atoms with E-state index in [9.17, 15) is 4.79 Å². The highest BCUT2D eigenvalue weighted by Crippen LogP contribution is 2.16. The Hall–Kier alpha value is -1.35. The SMILES string of the molecule is CC1CCCN1CCCOc1ccc(C=O)cc1. The maximum atomic E-state index is 10.5. The standard InChI is InChI=1S/C15H21NO2/c1-13-4-2-9-16(13)10-3-11-18-15-7-5-14(12-17)6-8-15/h5-8,12-13H,2-4,9-11H2,1H3. The summed E-state index contributed by atoms with van der Waals surface area (Å²) in [7, 11) is 0. The van der Waals surface area contributed by atoms with Gasteiger partial charge in [0, 0.05) is 18.2 Å². The Kier molecular flexibility index (Phi) is 4.76. The van der Waals surface area contributed by atoms with Crippen LogP contribution in [0, 0.1) is 0 Å². The van der Waals surface area contributed by atoms with Gasteiger partial charge in [0.25, 0.3) is 0 Å². The molecular formula is C15H21NO2. The number of hydrogen-bond acceptors (Lipinski definition) is 3. The van der Waals surface area contributed by atoms with E-state index >= 15 is 0 Å². The van der Waals surface area contributed by atoms with Crippen LogP contribution in [0.3, 0.4) is 0 Å². The van der Waals surface area contributed by atoms with Crippen LogP contribution in [-0.4, -0.2) is 36.9 Å². The van der Waals surface area contributed by atoms with Gasteiger partial charge in [0.2, 0.25) is 0 Å². The lowest BCUT2D eigenvalue weighted by Gasteiger charge is -2.20. The Morgan fingerprint density at radius 3 is 2.78 bits per heavy atom. The summed E-state index contributed by atoms with van der Waals surface area (Å²) in [5, 5.41) is 0. The highest BCUT2D eigenvalue weighted by Gasteiger charge is 2.18. The second-order valence-corrected chi connectivity index (χ2v) is 4.92. The smallest absolute Gasteiger partial charge is 0.150 e. The van der Waals surface area contributed by atoms with Gasteiger partial charge in [0.15, 0.2) is 0 Å². The van der Waals surface area contributed by atoms with Crippen molar-refractivity contribution in [3.8, 4) is 5.75 Å². The number of nitrogens with zero attached hydrogens (tertiary/aromatic N) is 1. The zero-order valence-corrected chi connectivity index (χ0v) is 11.0. The molecule has 1 unspecified atom stereocenters. The quantitative estimate of drug-likeness (QED) is 0.572. The van der Waals surface area contributed by atoms with E-state index in [1.54, 1.807) is 12.1 Å². The monoisotopic (exact) mass is 247 g/mol. The van der Waals surface area contributed by atoms with Crippen LogP contribution in [0.4, 0.5) is 0 Å². The van der Waals surface area contributed by atoms with Crippen molar-refractivity contribution in [1.82, 2.24) is 4.90 Å². The molecule has 0 amide bonds. The Balaban J connectivity index is 1.66. The lowest BCUT2D eigenvalue weighted by molar-refractivity contribution is 0.112. The zero-order chi connectivity index (χ0) is 12.8. The van der Waals surface area contributed by atoms with Gasteiger partial charge in [-0.05, 0) is 57.0 Å². The maximum absolute atomic E-state index is 10.5. The van der Waals surface area contributed by atoms with Crippen LogP contribution in [0.5, 0.6) is 5.75 Å². The lowest BCUT2D eigenvalue weighted by atomic mass is 10.2. The first kappa shape index (κ1) is 13.1. The first-order valence-electron chi connectivity index (χ1n) is 6.71. The van der Waals surface area contributed by atoms with Crippen molar-refractivity contribution in [3.63, 3.8) is 0 Å². The van der Waals surface area contributed by atoms with Crippen molar-refractivity contribution in [1.29, 1.82) is 0 Å². The molecule has 1 saturated heterocycles. The molecule has 0 aromatic heterocycles. The number of rotatable bonds is 6. The molecule has 1 aliphatic rings. The summed E-state index contributed by atoms with van der Waals surface area (Å²) in [6, 6.07) is 8.00. The molecule has 18 heavy (non-hydrogen) atoms. The first-order valence-corrected chi connectivity index (χ1v) is 6.71. The van der Waals surface area contributed by atoms with Gasteiger partial charge >= 0.3 is 0 Å². The minimum Gasteiger partial charge on any atom is -0.494 e. The molecular weight excluding hydrogens is 226 g/mol.